The van der Waals surface area contributed by atoms with E-state index in [1.165, 1.54) is 19.3 Å². The third-order valence-electron chi connectivity index (χ3n) is 3.16. The van der Waals surface area contributed by atoms with Gasteiger partial charge in [0.15, 0.2) is 0 Å². The van der Waals surface area contributed by atoms with Crippen molar-refractivity contribution in [3.63, 3.8) is 0 Å². The standard InChI is InChI=1S/C12H24N2O/c1-3-7-11(13-2)10-14-9-6-4-5-8-12(14)15/h11,13H,3-10H2,1-2H3. The monoisotopic (exact) mass is 212 g/mol. The molecule has 1 atom stereocenters. The van der Waals surface area contributed by atoms with Crippen molar-refractivity contribution in [2.45, 2.75) is 51.5 Å². The lowest BCUT2D eigenvalue weighted by atomic mass is 10.1. The molecule has 0 aromatic rings. The highest BCUT2D eigenvalue weighted by Crippen LogP contribution is 2.12. The second-order valence-electron chi connectivity index (χ2n) is 4.42. The highest BCUT2D eigenvalue weighted by atomic mass is 16.2. The van der Waals surface area contributed by atoms with Gasteiger partial charge in [-0.15, -0.1) is 0 Å². The molecule has 15 heavy (non-hydrogen) atoms. The molecule has 1 fully saturated rings. The molecule has 1 aliphatic heterocycles. The largest absolute Gasteiger partial charge is 0.341 e. The Morgan fingerprint density at radius 2 is 2.20 bits per heavy atom. The van der Waals surface area contributed by atoms with E-state index in [2.05, 4.69) is 12.2 Å². The lowest BCUT2D eigenvalue weighted by Crippen LogP contribution is -2.42. The van der Waals surface area contributed by atoms with Crippen LogP contribution in [-0.2, 0) is 4.79 Å². The second-order valence-corrected chi connectivity index (χ2v) is 4.42. The van der Waals surface area contributed by atoms with Crippen LogP contribution in [0.25, 0.3) is 0 Å². The van der Waals surface area contributed by atoms with Gasteiger partial charge in [-0.1, -0.05) is 19.8 Å². The van der Waals surface area contributed by atoms with Gasteiger partial charge in [0.05, 0.1) is 0 Å². The topological polar surface area (TPSA) is 32.3 Å². The number of rotatable bonds is 5. The van der Waals surface area contributed by atoms with Gasteiger partial charge < -0.3 is 10.2 Å². The number of hydrogen-bond donors (Lipinski definition) is 1. The summed E-state index contributed by atoms with van der Waals surface area (Å²) in [5.74, 6) is 0.351. The Hall–Kier alpha value is -0.570. The first-order valence-corrected chi connectivity index (χ1v) is 6.23. The molecule has 3 heteroatoms. The van der Waals surface area contributed by atoms with Crippen LogP contribution in [0.15, 0.2) is 0 Å². The van der Waals surface area contributed by atoms with E-state index in [1.54, 1.807) is 0 Å². The lowest BCUT2D eigenvalue weighted by molar-refractivity contribution is -0.131. The zero-order chi connectivity index (χ0) is 11.1. The van der Waals surface area contributed by atoms with Gasteiger partial charge in [-0.2, -0.15) is 0 Å². The van der Waals surface area contributed by atoms with Crippen LogP contribution in [0.1, 0.15) is 45.4 Å². The van der Waals surface area contributed by atoms with Crippen LogP contribution >= 0.6 is 0 Å². The minimum absolute atomic E-state index is 0.351. The van der Waals surface area contributed by atoms with E-state index in [4.69, 9.17) is 0 Å². The van der Waals surface area contributed by atoms with E-state index in [0.717, 1.165) is 32.4 Å². The van der Waals surface area contributed by atoms with Crippen LogP contribution in [0, 0.1) is 0 Å². The van der Waals surface area contributed by atoms with Crippen LogP contribution in [-0.4, -0.2) is 37.0 Å². The number of likely N-dealkylation sites (tertiary alicyclic amines) is 1. The average Bonchev–Trinajstić information content (AvgIpc) is 2.43. The Labute approximate surface area is 93.2 Å². The molecule has 1 rings (SSSR count). The van der Waals surface area contributed by atoms with Crippen LogP contribution in [0.2, 0.25) is 0 Å². The highest BCUT2D eigenvalue weighted by Gasteiger charge is 2.19. The Morgan fingerprint density at radius 1 is 1.40 bits per heavy atom. The maximum atomic E-state index is 11.8. The fourth-order valence-corrected chi connectivity index (χ4v) is 2.17. The van der Waals surface area contributed by atoms with Crippen molar-refractivity contribution < 1.29 is 4.79 Å². The summed E-state index contributed by atoms with van der Waals surface area (Å²) in [6, 6.07) is 0.469. The van der Waals surface area contributed by atoms with Gasteiger partial charge in [0.1, 0.15) is 0 Å². The molecule has 1 saturated heterocycles. The summed E-state index contributed by atoms with van der Waals surface area (Å²) in [6.45, 7) is 4.04. The number of likely N-dealkylation sites (N-methyl/N-ethyl adjacent to an activating group) is 1. The molecule has 88 valence electrons. The fourth-order valence-electron chi connectivity index (χ4n) is 2.17. The number of nitrogens with zero attached hydrogens (tertiary/aromatic N) is 1. The molecule has 1 aliphatic rings. The molecule has 3 nitrogen and oxygen atoms in total. The predicted octanol–water partition coefficient (Wildman–Crippen LogP) is 1.78. The summed E-state index contributed by atoms with van der Waals surface area (Å²) in [7, 11) is 1.99. The van der Waals surface area contributed by atoms with Gasteiger partial charge >= 0.3 is 0 Å². The lowest BCUT2D eigenvalue weighted by Gasteiger charge is -2.26. The first kappa shape index (κ1) is 12.5. The minimum Gasteiger partial charge on any atom is -0.341 e. The van der Waals surface area contributed by atoms with Gasteiger partial charge in [0.2, 0.25) is 5.91 Å². The summed E-state index contributed by atoms with van der Waals surface area (Å²) in [5, 5.41) is 3.30. The first-order valence-electron chi connectivity index (χ1n) is 6.23. The number of carbonyl (C=O) groups excluding carboxylic acids is 1. The van der Waals surface area contributed by atoms with Crippen LogP contribution in [0.4, 0.5) is 0 Å². The predicted molar refractivity (Wildman–Crippen MR) is 62.8 cm³/mol. The normalized spacial score (nSPS) is 20.1. The zero-order valence-corrected chi connectivity index (χ0v) is 10.1. The maximum absolute atomic E-state index is 11.8. The van der Waals surface area contributed by atoms with Crippen LogP contribution in [0.5, 0.6) is 0 Å². The van der Waals surface area contributed by atoms with E-state index in [-0.39, 0.29) is 0 Å². The molecule has 0 aromatic heterocycles. The van der Waals surface area contributed by atoms with Crippen LogP contribution < -0.4 is 5.32 Å². The number of carbonyl (C=O) groups is 1. The average molecular weight is 212 g/mol. The molecular weight excluding hydrogens is 188 g/mol. The molecule has 0 saturated carbocycles. The van der Waals surface area contributed by atoms with Crippen molar-refractivity contribution in [3.05, 3.63) is 0 Å². The Kier molecular flexibility index (Phi) is 5.69. The minimum atomic E-state index is 0.351. The number of amides is 1. The molecule has 0 aromatic carbocycles. The zero-order valence-electron chi connectivity index (χ0n) is 10.1. The first-order chi connectivity index (χ1) is 7.27. The Morgan fingerprint density at radius 3 is 2.87 bits per heavy atom. The quantitative estimate of drug-likeness (QED) is 0.753. The Bertz CT molecular complexity index is 194. The SMILES string of the molecule is CCCC(CN1CCCCCC1=O)NC. The van der Waals surface area contributed by atoms with Crippen LogP contribution in [0.3, 0.4) is 0 Å². The number of hydrogen-bond acceptors (Lipinski definition) is 2. The van der Waals surface area contributed by atoms with Crippen molar-refractivity contribution in [1.82, 2.24) is 10.2 Å². The molecule has 0 aliphatic carbocycles. The van der Waals surface area contributed by atoms with E-state index < -0.39 is 0 Å². The summed E-state index contributed by atoms with van der Waals surface area (Å²) < 4.78 is 0. The van der Waals surface area contributed by atoms with E-state index in [9.17, 15) is 4.79 Å². The van der Waals surface area contributed by atoms with Crippen molar-refractivity contribution in [1.29, 1.82) is 0 Å². The van der Waals surface area contributed by atoms with E-state index in [1.807, 2.05) is 11.9 Å². The molecule has 1 unspecified atom stereocenters. The fraction of sp³-hybridized carbons (Fsp3) is 0.917. The van der Waals surface area contributed by atoms with Gasteiger partial charge in [-0.05, 0) is 26.3 Å². The van der Waals surface area contributed by atoms with Crippen molar-refractivity contribution in [3.8, 4) is 0 Å². The van der Waals surface area contributed by atoms with Crippen molar-refractivity contribution in [2.24, 2.45) is 0 Å². The number of nitrogens with one attached hydrogen (secondary N) is 1. The summed E-state index contributed by atoms with van der Waals surface area (Å²) in [4.78, 5) is 13.8. The van der Waals surface area contributed by atoms with Gasteiger partial charge in [0, 0.05) is 25.6 Å². The summed E-state index contributed by atoms with van der Waals surface area (Å²) in [5.41, 5.74) is 0. The van der Waals surface area contributed by atoms with E-state index in [0.29, 0.717) is 11.9 Å². The molecular formula is C12H24N2O. The molecule has 1 N–H and O–H groups in total. The third kappa shape index (κ3) is 4.20. The van der Waals surface area contributed by atoms with Crippen molar-refractivity contribution >= 4 is 5.91 Å². The summed E-state index contributed by atoms with van der Waals surface area (Å²) >= 11 is 0. The van der Waals surface area contributed by atoms with Crippen molar-refractivity contribution in [2.75, 3.05) is 20.1 Å². The third-order valence-corrected chi connectivity index (χ3v) is 3.16. The molecule has 0 radical (unpaired) electrons. The van der Waals surface area contributed by atoms with Gasteiger partial charge in [0.25, 0.3) is 0 Å². The summed E-state index contributed by atoms with van der Waals surface area (Å²) in [6.07, 6.45) is 6.54. The smallest absolute Gasteiger partial charge is 0.222 e. The molecule has 0 bridgehead atoms. The molecule has 1 amide bonds. The maximum Gasteiger partial charge on any atom is 0.222 e. The van der Waals surface area contributed by atoms with Gasteiger partial charge in [-0.3, -0.25) is 4.79 Å². The molecule has 1 heterocycles. The van der Waals surface area contributed by atoms with Gasteiger partial charge in [-0.25, -0.2) is 0 Å². The highest BCUT2D eigenvalue weighted by molar-refractivity contribution is 5.76. The second kappa shape index (κ2) is 6.83. The molecule has 0 spiro atoms. The van der Waals surface area contributed by atoms with E-state index >= 15 is 0 Å². The Balaban J connectivity index is 2.42.